The summed E-state index contributed by atoms with van der Waals surface area (Å²) in [6.07, 6.45) is 5.21. The maximum absolute atomic E-state index is 5.50. The quantitative estimate of drug-likeness (QED) is 0.715. The smallest absolute Gasteiger partial charge is 0.161 e. The molecule has 0 amide bonds. The summed E-state index contributed by atoms with van der Waals surface area (Å²) in [6.45, 7) is 7.29. The number of hydrogen-bond donors (Lipinski definition) is 1. The Morgan fingerprint density at radius 1 is 1.35 bits per heavy atom. The molecule has 0 spiro atoms. The monoisotopic (exact) mass is 282 g/mol. The molecule has 1 atom stereocenters. The van der Waals surface area contributed by atoms with Crippen LogP contribution in [0.25, 0.3) is 0 Å². The SMILES string of the molecule is CCCNC(CCC)c1c(OC)cnn1CCN(C)C. The van der Waals surface area contributed by atoms with Crippen LogP contribution in [0.2, 0.25) is 0 Å². The predicted octanol–water partition coefficient (Wildman–Crippen LogP) is 2.29. The highest BCUT2D eigenvalue weighted by molar-refractivity contribution is 5.28. The van der Waals surface area contributed by atoms with Crippen LogP contribution in [-0.4, -0.2) is 49.0 Å². The van der Waals surface area contributed by atoms with Gasteiger partial charge in [0.05, 0.1) is 31.6 Å². The minimum absolute atomic E-state index is 0.319. The lowest BCUT2D eigenvalue weighted by molar-refractivity contribution is 0.350. The largest absolute Gasteiger partial charge is 0.493 e. The molecule has 1 unspecified atom stereocenters. The summed E-state index contributed by atoms with van der Waals surface area (Å²) in [5.74, 6) is 0.894. The van der Waals surface area contributed by atoms with Crippen molar-refractivity contribution in [2.75, 3.05) is 34.3 Å². The van der Waals surface area contributed by atoms with Gasteiger partial charge in [0.1, 0.15) is 0 Å². The Morgan fingerprint density at radius 3 is 2.65 bits per heavy atom. The van der Waals surface area contributed by atoms with Crippen molar-refractivity contribution < 1.29 is 4.74 Å². The Balaban J connectivity index is 2.93. The van der Waals surface area contributed by atoms with Crippen molar-refractivity contribution in [2.24, 2.45) is 0 Å². The molecule has 20 heavy (non-hydrogen) atoms. The molecule has 0 bridgehead atoms. The molecule has 0 aliphatic rings. The van der Waals surface area contributed by atoms with Gasteiger partial charge in [0.2, 0.25) is 0 Å². The number of likely N-dealkylation sites (N-methyl/N-ethyl adjacent to an activating group) is 1. The van der Waals surface area contributed by atoms with E-state index in [0.29, 0.717) is 6.04 Å². The van der Waals surface area contributed by atoms with Gasteiger partial charge in [-0.05, 0) is 33.5 Å². The number of rotatable bonds is 10. The van der Waals surface area contributed by atoms with Crippen molar-refractivity contribution in [3.63, 3.8) is 0 Å². The summed E-state index contributed by atoms with van der Waals surface area (Å²) in [4.78, 5) is 2.17. The molecule has 1 rings (SSSR count). The van der Waals surface area contributed by atoms with Crippen LogP contribution in [0.5, 0.6) is 5.75 Å². The molecule has 0 saturated carbocycles. The first-order valence-electron chi connectivity index (χ1n) is 7.61. The van der Waals surface area contributed by atoms with Crippen LogP contribution >= 0.6 is 0 Å². The number of methoxy groups -OCH3 is 1. The maximum Gasteiger partial charge on any atom is 0.161 e. The predicted molar refractivity (Wildman–Crippen MR) is 83.3 cm³/mol. The Bertz CT molecular complexity index is 376. The molecule has 0 saturated heterocycles. The van der Waals surface area contributed by atoms with E-state index in [2.05, 4.69) is 47.9 Å². The molecule has 0 radical (unpaired) electrons. The number of aromatic nitrogens is 2. The van der Waals surface area contributed by atoms with Crippen LogP contribution in [0.15, 0.2) is 6.20 Å². The molecule has 1 aromatic heterocycles. The lowest BCUT2D eigenvalue weighted by Gasteiger charge is -2.21. The second-order valence-corrected chi connectivity index (χ2v) is 5.42. The summed E-state index contributed by atoms with van der Waals surface area (Å²) in [7, 11) is 5.89. The van der Waals surface area contributed by atoms with E-state index in [-0.39, 0.29) is 0 Å². The molecule has 1 N–H and O–H groups in total. The fraction of sp³-hybridized carbons (Fsp3) is 0.800. The topological polar surface area (TPSA) is 42.3 Å². The van der Waals surface area contributed by atoms with Crippen molar-refractivity contribution in [3.05, 3.63) is 11.9 Å². The minimum atomic E-state index is 0.319. The molecule has 0 aliphatic heterocycles. The number of nitrogens with zero attached hydrogens (tertiary/aromatic N) is 3. The van der Waals surface area contributed by atoms with Gasteiger partial charge in [-0.25, -0.2) is 0 Å². The zero-order valence-corrected chi connectivity index (χ0v) is 13.6. The molecule has 0 fully saturated rings. The number of hydrogen-bond acceptors (Lipinski definition) is 4. The van der Waals surface area contributed by atoms with Gasteiger partial charge in [0, 0.05) is 6.54 Å². The maximum atomic E-state index is 5.50. The average Bonchev–Trinajstić information content (AvgIpc) is 2.84. The van der Waals surface area contributed by atoms with Crippen molar-refractivity contribution in [1.29, 1.82) is 0 Å². The van der Waals surface area contributed by atoms with Gasteiger partial charge < -0.3 is 15.0 Å². The minimum Gasteiger partial charge on any atom is -0.493 e. The first-order valence-corrected chi connectivity index (χ1v) is 7.61. The van der Waals surface area contributed by atoms with Crippen molar-refractivity contribution >= 4 is 0 Å². The number of ether oxygens (including phenoxy) is 1. The lowest BCUT2D eigenvalue weighted by atomic mass is 10.1. The molecule has 116 valence electrons. The van der Waals surface area contributed by atoms with Gasteiger partial charge in [0.15, 0.2) is 5.75 Å². The fourth-order valence-electron chi connectivity index (χ4n) is 2.30. The van der Waals surface area contributed by atoms with Crippen LogP contribution in [0.3, 0.4) is 0 Å². The zero-order valence-electron chi connectivity index (χ0n) is 13.6. The van der Waals surface area contributed by atoms with Crippen LogP contribution < -0.4 is 10.1 Å². The molecule has 0 aliphatic carbocycles. The average molecular weight is 282 g/mol. The number of nitrogens with one attached hydrogen (secondary N) is 1. The summed E-state index contributed by atoms with van der Waals surface area (Å²) < 4.78 is 7.59. The third-order valence-corrected chi connectivity index (χ3v) is 3.37. The van der Waals surface area contributed by atoms with Crippen molar-refractivity contribution in [3.8, 4) is 5.75 Å². The van der Waals surface area contributed by atoms with Gasteiger partial charge in [-0.15, -0.1) is 0 Å². The second-order valence-electron chi connectivity index (χ2n) is 5.42. The fourth-order valence-corrected chi connectivity index (χ4v) is 2.30. The van der Waals surface area contributed by atoms with Gasteiger partial charge in [0.25, 0.3) is 0 Å². The standard InChI is InChI=1S/C15H30N4O/c1-6-8-13(16-9-7-2)15-14(20-5)12-17-19(15)11-10-18(3)4/h12-13,16H,6-11H2,1-5H3. The third-order valence-electron chi connectivity index (χ3n) is 3.37. The summed E-state index contributed by atoms with van der Waals surface area (Å²) >= 11 is 0. The highest BCUT2D eigenvalue weighted by Gasteiger charge is 2.20. The Morgan fingerprint density at radius 2 is 2.10 bits per heavy atom. The third kappa shape index (κ3) is 4.80. The zero-order chi connectivity index (χ0) is 15.0. The van der Waals surface area contributed by atoms with Crippen LogP contribution in [-0.2, 0) is 6.54 Å². The van der Waals surface area contributed by atoms with Crippen molar-refractivity contribution in [1.82, 2.24) is 20.0 Å². The molecule has 5 nitrogen and oxygen atoms in total. The second kappa shape index (κ2) is 8.97. The Labute approximate surface area is 123 Å². The Hall–Kier alpha value is -1.07. The van der Waals surface area contributed by atoms with Crippen LogP contribution in [0.1, 0.15) is 44.8 Å². The molecule has 0 aromatic carbocycles. The van der Waals surface area contributed by atoms with E-state index < -0.39 is 0 Å². The Kier molecular flexibility index (Phi) is 7.62. The van der Waals surface area contributed by atoms with E-state index in [9.17, 15) is 0 Å². The molecular weight excluding hydrogens is 252 g/mol. The van der Waals surface area contributed by atoms with Gasteiger partial charge in [-0.1, -0.05) is 20.3 Å². The molecular formula is C15H30N4O. The highest BCUT2D eigenvalue weighted by Crippen LogP contribution is 2.28. The summed E-state index contributed by atoms with van der Waals surface area (Å²) in [5.41, 5.74) is 1.18. The van der Waals surface area contributed by atoms with E-state index in [1.165, 1.54) is 5.69 Å². The summed E-state index contributed by atoms with van der Waals surface area (Å²) in [5, 5.41) is 8.12. The van der Waals surface area contributed by atoms with E-state index in [1.54, 1.807) is 7.11 Å². The van der Waals surface area contributed by atoms with Gasteiger partial charge in [-0.3, -0.25) is 4.68 Å². The van der Waals surface area contributed by atoms with E-state index >= 15 is 0 Å². The van der Waals surface area contributed by atoms with Gasteiger partial charge >= 0.3 is 0 Å². The van der Waals surface area contributed by atoms with E-state index in [1.807, 2.05) is 6.20 Å². The van der Waals surface area contributed by atoms with Crippen molar-refractivity contribution in [2.45, 2.75) is 45.7 Å². The molecule has 1 heterocycles. The molecule has 5 heteroatoms. The van der Waals surface area contributed by atoms with Gasteiger partial charge in [-0.2, -0.15) is 5.10 Å². The summed E-state index contributed by atoms with van der Waals surface area (Å²) in [6, 6.07) is 0.319. The highest BCUT2D eigenvalue weighted by atomic mass is 16.5. The van der Waals surface area contributed by atoms with Crippen LogP contribution in [0, 0.1) is 0 Å². The first-order chi connectivity index (χ1) is 9.63. The van der Waals surface area contributed by atoms with E-state index in [0.717, 1.165) is 44.6 Å². The lowest BCUT2D eigenvalue weighted by Crippen LogP contribution is -2.27. The molecule has 1 aromatic rings. The normalized spacial score (nSPS) is 12.9. The first kappa shape index (κ1) is 17.0. The van der Waals surface area contributed by atoms with Crippen LogP contribution in [0.4, 0.5) is 0 Å². The van der Waals surface area contributed by atoms with E-state index in [4.69, 9.17) is 4.74 Å².